The van der Waals surface area contributed by atoms with Crippen LogP contribution in [0.2, 0.25) is 0 Å². The van der Waals surface area contributed by atoms with Crippen molar-refractivity contribution in [3.05, 3.63) is 23.8 Å². The van der Waals surface area contributed by atoms with Gasteiger partial charge in [0.25, 0.3) is 0 Å². The van der Waals surface area contributed by atoms with E-state index in [1.165, 1.54) is 19.2 Å². The highest BCUT2D eigenvalue weighted by Gasteiger charge is 2.39. The molecule has 1 heterocycles. The molecule has 0 spiro atoms. The van der Waals surface area contributed by atoms with Crippen LogP contribution in [-0.2, 0) is 11.0 Å². The number of halogens is 3. The number of aliphatic hydroxyl groups is 1. The summed E-state index contributed by atoms with van der Waals surface area (Å²) in [7, 11) is 1.28. The van der Waals surface area contributed by atoms with Gasteiger partial charge in [-0.3, -0.25) is 4.79 Å². The van der Waals surface area contributed by atoms with Crippen molar-refractivity contribution in [3.8, 4) is 5.75 Å². The number of alkyl halides is 3. The average molecular weight is 289 g/mol. The Hall–Kier alpha value is -1.76. The first kappa shape index (κ1) is 14.6. The van der Waals surface area contributed by atoms with Gasteiger partial charge in [-0.25, -0.2) is 0 Å². The maximum absolute atomic E-state index is 13.1. The third kappa shape index (κ3) is 2.72. The first-order valence-electron chi connectivity index (χ1n) is 6.03. The van der Waals surface area contributed by atoms with E-state index in [-0.39, 0.29) is 36.9 Å². The molecule has 1 aromatic rings. The highest BCUT2D eigenvalue weighted by atomic mass is 19.4. The lowest BCUT2D eigenvalue weighted by molar-refractivity contribution is -0.137. The molecule has 1 aliphatic rings. The van der Waals surface area contributed by atoms with Gasteiger partial charge >= 0.3 is 6.18 Å². The fraction of sp³-hybridized carbons (Fsp3) is 0.462. The molecule has 0 radical (unpaired) electrons. The summed E-state index contributed by atoms with van der Waals surface area (Å²) in [5, 5.41) is 9.04. The molecule has 1 amide bonds. The van der Waals surface area contributed by atoms with E-state index in [4.69, 9.17) is 9.84 Å². The first-order chi connectivity index (χ1) is 9.36. The van der Waals surface area contributed by atoms with E-state index < -0.39 is 17.6 Å². The van der Waals surface area contributed by atoms with Crippen LogP contribution in [0.15, 0.2) is 18.2 Å². The Bertz CT molecular complexity index is 516. The molecule has 1 saturated heterocycles. The zero-order valence-corrected chi connectivity index (χ0v) is 10.8. The SMILES string of the molecule is COc1ccc(N2CC(CO)CC2=O)c(C(F)(F)F)c1. The van der Waals surface area contributed by atoms with Crippen molar-refractivity contribution in [2.24, 2.45) is 5.92 Å². The van der Waals surface area contributed by atoms with E-state index in [1.807, 2.05) is 0 Å². The fourth-order valence-electron chi connectivity index (χ4n) is 2.24. The molecule has 0 aromatic heterocycles. The molecule has 0 bridgehead atoms. The van der Waals surface area contributed by atoms with Crippen LogP contribution in [0.4, 0.5) is 18.9 Å². The Morgan fingerprint density at radius 2 is 2.15 bits per heavy atom. The minimum Gasteiger partial charge on any atom is -0.497 e. The van der Waals surface area contributed by atoms with Crippen LogP contribution in [0.25, 0.3) is 0 Å². The molecule has 0 saturated carbocycles. The van der Waals surface area contributed by atoms with Crippen molar-refractivity contribution < 1.29 is 27.8 Å². The standard InChI is InChI=1S/C13H14F3NO3/c1-20-9-2-3-11(10(5-9)13(14,15)16)17-6-8(7-18)4-12(17)19/h2-3,5,8,18H,4,6-7H2,1H3. The fourth-order valence-corrected chi connectivity index (χ4v) is 2.24. The summed E-state index contributed by atoms with van der Waals surface area (Å²) in [5.74, 6) is -0.670. The van der Waals surface area contributed by atoms with Crippen LogP contribution in [-0.4, -0.2) is 31.3 Å². The molecule has 1 fully saturated rings. The summed E-state index contributed by atoms with van der Waals surface area (Å²) < 4.78 is 44.0. The van der Waals surface area contributed by atoms with Gasteiger partial charge in [-0.1, -0.05) is 0 Å². The van der Waals surface area contributed by atoms with Crippen molar-refractivity contribution in [1.29, 1.82) is 0 Å². The Kier molecular flexibility index (Phi) is 3.89. The maximum atomic E-state index is 13.1. The zero-order valence-electron chi connectivity index (χ0n) is 10.8. The lowest BCUT2D eigenvalue weighted by atomic mass is 10.1. The Morgan fingerprint density at radius 3 is 2.65 bits per heavy atom. The van der Waals surface area contributed by atoms with Crippen LogP contribution < -0.4 is 9.64 Å². The molecule has 20 heavy (non-hydrogen) atoms. The number of hydrogen-bond donors (Lipinski definition) is 1. The molecule has 1 atom stereocenters. The Morgan fingerprint density at radius 1 is 1.45 bits per heavy atom. The van der Waals surface area contributed by atoms with Crippen LogP contribution in [0.3, 0.4) is 0 Å². The van der Waals surface area contributed by atoms with Gasteiger partial charge in [0, 0.05) is 25.5 Å². The quantitative estimate of drug-likeness (QED) is 0.926. The van der Waals surface area contributed by atoms with E-state index in [1.54, 1.807) is 0 Å². The number of methoxy groups -OCH3 is 1. The number of carbonyl (C=O) groups is 1. The Labute approximate surface area is 113 Å². The van der Waals surface area contributed by atoms with Crippen molar-refractivity contribution in [3.63, 3.8) is 0 Å². The second-order valence-corrected chi connectivity index (χ2v) is 4.64. The van der Waals surface area contributed by atoms with Gasteiger partial charge in [-0.05, 0) is 18.2 Å². The monoisotopic (exact) mass is 289 g/mol. The number of carbonyl (C=O) groups excluding carboxylic acids is 1. The molecule has 7 heteroatoms. The summed E-state index contributed by atoms with van der Waals surface area (Å²) in [6.07, 6.45) is -4.53. The number of ether oxygens (including phenoxy) is 1. The van der Waals surface area contributed by atoms with Crippen molar-refractivity contribution in [1.82, 2.24) is 0 Å². The number of rotatable bonds is 3. The molecule has 1 N–H and O–H groups in total. The van der Waals surface area contributed by atoms with E-state index in [2.05, 4.69) is 0 Å². The minimum absolute atomic E-state index is 0.0554. The predicted octanol–water partition coefficient (Wildman–Crippen LogP) is 2.06. The third-order valence-electron chi connectivity index (χ3n) is 3.26. The molecule has 4 nitrogen and oxygen atoms in total. The Balaban J connectivity index is 2.43. The molecule has 1 aliphatic heterocycles. The molecule has 0 aliphatic carbocycles. The molecular formula is C13H14F3NO3. The molecule has 2 rings (SSSR count). The van der Waals surface area contributed by atoms with E-state index in [0.717, 1.165) is 11.0 Å². The van der Waals surface area contributed by atoms with Crippen LogP contribution in [0.5, 0.6) is 5.75 Å². The molecule has 1 aromatic carbocycles. The van der Waals surface area contributed by atoms with Crippen LogP contribution in [0, 0.1) is 5.92 Å². The summed E-state index contributed by atoms with van der Waals surface area (Å²) in [4.78, 5) is 12.9. The van der Waals surface area contributed by atoms with E-state index >= 15 is 0 Å². The second kappa shape index (κ2) is 5.32. The molecular weight excluding hydrogens is 275 g/mol. The predicted molar refractivity (Wildman–Crippen MR) is 65.5 cm³/mol. The third-order valence-corrected chi connectivity index (χ3v) is 3.26. The van der Waals surface area contributed by atoms with Gasteiger partial charge in [0.15, 0.2) is 0 Å². The van der Waals surface area contributed by atoms with Gasteiger partial charge < -0.3 is 14.7 Å². The lowest BCUT2D eigenvalue weighted by Crippen LogP contribution is -2.27. The summed E-state index contributed by atoms with van der Waals surface area (Å²) in [5.41, 5.74) is -1.11. The number of hydrogen-bond acceptors (Lipinski definition) is 3. The number of nitrogens with zero attached hydrogens (tertiary/aromatic N) is 1. The minimum atomic E-state index is -4.58. The summed E-state index contributed by atoms with van der Waals surface area (Å²) in [6.45, 7) is -0.134. The normalized spacial score (nSPS) is 19.6. The topological polar surface area (TPSA) is 49.8 Å². The van der Waals surface area contributed by atoms with Crippen LogP contribution >= 0.6 is 0 Å². The lowest BCUT2D eigenvalue weighted by Gasteiger charge is -2.22. The van der Waals surface area contributed by atoms with E-state index in [0.29, 0.717) is 0 Å². The largest absolute Gasteiger partial charge is 0.497 e. The van der Waals surface area contributed by atoms with Gasteiger partial charge in [-0.2, -0.15) is 13.2 Å². The number of benzene rings is 1. The van der Waals surface area contributed by atoms with Gasteiger partial charge in [-0.15, -0.1) is 0 Å². The number of anilines is 1. The highest BCUT2D eigenvalue weighted by Crippen LogP contribution is 2.40. The molecule has 110 valence electrons. The number of amides is 1. The highest BCUT2D eigenvalue weighted by molar-refractivity contribution is 5.96. The average Bonchev–Trinajstić information content (AvgIpc) is 2.78. The number of aliphatic hydroxyl groups excluding tert-OH is 1. The molecule has 1 unspecified atom stereocenters. The summed E-state index contributed by atoms with van der Waals surface area (Å²) >= 11 is 0. The summed E-state index contributed by atoms with van der Waals surface area (Å²) in [6, 6.07) is 3.47. The van der Waals surface area contributed by atoms with Crippen molar-refractivity contribution in [2.75, 3.05) is 25.2 Å². The zero-order chi connectivity index (χ0) is 14.9. The second-order valence-electron chi connectivity index (χ2n) is 4.64. The first-order valence-corrected chi connectivity index (χ1v) is 6.03. The van der Waals surface area contributed by atoms with Crippen molar-refractivity contribution >= 4 is 11.6 Å². The van der Waals surface area contributed by atoms with Crippen molar-refractivity contribution in [2.45, 2.75) is 12.6 Å². The maximum Gasteiger partial charge on any atom is 0.418 e. The van der Waals surface area contributed by atoms with E-state index in [9.17, 15) is 18.0 Å². The van der Waals surface area contributed by atoms with Gasteiger partial charge in [0.1, 0.15) is 5.75 Å². The smallest absolute Gasteiger partial charge is 0.418 e. The van der Waals surface area contributed by atoms with Crippen LogP contribution in [0.1, 0.15) is 12.0 Å². The van der Waals surface area contributed by atoms with Gasteiger partial charge in [0.05, 0.1) is 18.4 Å². The van der Waals surface area contributed by atoms with Gasteiger partial charge in [0.2, 0.25) is 5.91 Å².